The van der Waals surface area contributed by atoms with Gasteiger partial charge in [0.25, 0.3) is 0 Å². The van der Waals surface area contributed by atoms with Gasteiger partial charge in [0.1, 0.15) is 35.1 Å². The van der Waals surface area contributed by atoms with E-state index in [0.717, 1.165) is 35.1 Å². The second-order valence-corrected chi connectivity index (χ2v) is 14.0. The molecule has 0 amide bonds. The molecule has 4 aromatic rings. The van der Waals surface area contributed by atoms with Crippen molar-refractivity contribution in [3.63, 3.8) is 0 Å². The number of aliphatic imine (C=N–C) groups is 2. The molecule has 268 valence electrons. The van der Waals surface area contributed by atoms with Gasteiger partial charge in [-0.25, -0.2) is 9.98 Å². The molecule has 51 heavy (non-hydrogen) atoms. The molecule has 0 radical (unpaired) electrons. The van der Waals surface area contributed by atoms with Crippen LogP contribution in [0.25, 0.3) is 0 Å². The molecule has 2 aliphatic heterocycles. The molecule has 2 atom stereocenters. The minimum Gasteiger partial charge on any atom is -0.496 e. The molecule has 0 aliphatic carbocycles. The van der Waals surface area contributed by atoms with Gasteiger partial charge in [-0.2, -0.15) is 0 Å². The summed E-state index contributed by atoms with van der Waals surface area (Å²) in [6.07, 6.45) is 1.77. The third-order valence-electron chi connectivity index (χ3n) is 9.82. The Labute approximate surface area is 302 Å². The van der Waals surface area contributed by atoms with E-state index in [4.69, 9.17) is 38.4 Å². The number of benzene rings is 4. The molecular weight excluding hydrogens is 640 g/mol. The van der Waals surface area contributed by atoms with E-state index in [1.165, 1.54) is 0 Å². The summed E-state index contributed by atoms with van der Waals surface area (Å²) in [4.78, 5) is 10.7. The second kappa shape index (κ2) is 15.1. The fraction of sp³-hybridized carbons (Fsp3) is 0.395. The van der Waals surface area contributed by atoms with E-state index in [0.29, 0.717) is 46.6 Å². The van der Waals surface area contributed by atoms with Crippen LogP contribution in [0.4, 0.5) is 0 Å². The van der Waals surface area contributed by atoms with Gasteiger partial charge in [0.15, 0.2) is 23.0 Å². The number of hydrogen-bond donors (Lipinski definition) is 0. The lowest BCUT2D eigenvalue weighted by Gasteiger charge is -2.37. The van der Waals surface area contributed by atoms with Gasteiger partial charge in [-0.05, 0) is 48.9 Å². The third-order valence-corrected chi connectivity index (χ3v) is 9.82. The fourth-order valence-electron chi connectivity index (χ4n) is 7.75. The molecule has 0 saturated carbocycles. The molecular formula is C43H50N2O6. The van der Waals surface area contributed by atoms with Crippen molar-refractivity contribution in [1.29, 1.82) is 0 Å². The van der Waals surface area contributed by atoms with E-state index in [9.17, 15) is 0 Å². The summed E-state index contributed by atoms with van der Waals surface area (Å²) < 4.78 is 38.4. The van der Waals surface area contributed by atoms with Gasteiger partial charge in [-0.3, -0.25) is 0 Å². The lowest BCUT2D eigenvalue weighted by Crippen LogP contribution is -2.41. The summed E-state index contributed by atoms with van der Waals surface area (Å²) in [5.74, 6) is 4.58. The first kappa shape index (κ1) is 35.8. The molecule has 0 N–H and O–H groups in total. The zero-order valence-electron chi connectivity index (χ0n) is 31.0. The normalized spacial score (nSPS) is 18.9. The van der Waals surface area contributed by atoms with Gasteiger partial charge >= 0.3 is 0 Å². The number of ether oxygens (including phenoxy) is 6. The van der Waals surface area contributed by atoms with Crippen LogP contribution in [0.1, 0.15) is 69.2 Å². The average molecular weight is 691 g/mol. The van der Waals surface area contributed by atoms with Crippen LogP contribution in [-0.2, 0) is 20.7 Å². The zero-order chi connectivity index (χ0) is 36.2. The third kappa shape index (κ3) is 6.52. The van der Waals surface area contributed by atoms with E-state index < -0.39 is 11.2 Å². The summed E-state index contributed by atoms with van der Waals surface area (Å²) >= 11 is 0. The van der Waals surface area contributed by atoms with Crippen LogP contribution in [0.15, 0.2) is 107 Å². The van der Waals surface area contributed by atoms with Crippen LogP contribution in [0.2, 0.25) is 0 Å². The van der Waals surface area contributed by atoms with Crippen molar-refractivity contribution < 1.29 is 28.4 Å². The van der Waals surface area contributed by atoms with E-state index in [2.05, 4.69) is 52.0 Å². The lowest BCUT2D eigenvalue weighted by atomic mass is 9.77. The average Bonchev–Trinajstić information content (AvgIpc) is 3.68. The van der Waals surface area contributed by atoms with Crippen LogP contribution < -0.4 is 18.9 Å². The van der Waals surface area contributed by atoms with Crippen LogP contribution in [0, 0.1) is 11.8 Å². The highest BCUT2D eigenvalue weighted by molar-refractivity contribution is 5.99. The lowest BCUT2D eigenvalue weighted by molar-refractivity contribution is 0.0746. The predicted octanol–water partition coefficient (Wildman–Crippen LogP) is 8.99. The first-order chi connectivity index (χ1) is 24.7. The monoisotopic (exact) mass is 690 g/mol. The van der Waals surface area contributed by atoms with E-state index in [1.807, 2.05) is 72.8 Å². The van der Waals surface area contributed by atoms with Crippen LogP contribution in [-0.4, -0.2) is 52.3 Å². The van der Waals surface area contributed by atoms with Gasteiger partial charge in [0.05, 0.1) is 34.9 Å². The van der Waals surface area contributed by atoms with E-state index >= 15 is 0 Å². The van der Waals surface area contributed by atoms with Crippen LogP contribution in [0.5, 0.6) is 23.0 Å². The molecule has 0 aromatic heterocycles. The van der Waals surface area contributed by atoms with Gasteiger partial charge in [0, 0.05) is 22.3 Å². The standard InChI is InChI=1S/C43H50N2O6/c1-28(2)25-38-42(30-17-9-13-21-34(30)46-5,31-18-10-14-22-35(31)47-6)50-40(44-38)27-41-45-39(26-29(3)4)43(51-41,32-19-11-15-23-36(32)48-7)33-20-12-16-24-37(33)49-8/h9-24,28-29,38-39H,25-27H2,1-8H3/t38-,39-/m1/s1. The Hall–Kier alpha value is -4.98. The Balaban J connectivity index is 1.50. The highest BCUT2D eigenvalue weighted by atomic mass is 16.5. The molecule has 8 nitrogen and oxygen atoms in total. The molecule has 0 fully saturated rings. The minimum absolute atomic E-state index is 0.251. The van der Waals surface area contributed by atoms with Crippen molar-refractivity contribution in [2.45, 2.75) is 70.2 Å². The number of hydrogen-bond acceptors (Lipinski definition) is 8. The Bertz CT molecular complexity index is 1650. The number of nitrogens with zero attached hydrogens (tertiary/aromatic N) is 2. The molecule has 4 aromatic carbocycles. The summed E-state index contributed by atoms with van der Waals surface area (Å²) in [7, 11) is 6.75. The molecule has 2 heterocycles. The minimum atomic E-state index is -1.03. The van der Waals surface area contributed by atoms with Gasteiger partial charge in [-0.15, -0.1) is 0 Å². The van der Waals surface area contributed by atoms with Crippen molar-refractivity contribution in [3.8, 4) is 23.0 Å². The Kier molecular flexibility index (Phi) is 10.6. The largest absolute Gasteiger partial charge is 0.496 e. The van der Waals surface area contributed by atoms with Crippen LogP contribution >= 0.6 is 0 Å². The maximum atomic E-state index is 7.25. The Morgan fingerprint density at radius 3 is 1.02 bits per heavy atom. The SMILES string of the molecule is COc1ccccc1C1(c2ccccc2OC)OC(CC2=N[C@H](CC(C)C)C(c3ccccc3OC)(c3ccccc3OC)O2)=N[C@@H]1CC(C)C. The first-order valence-corrected chi connectivity index (χ1v) is 17.8. The smallest absolute Gasteiger partial charge is 0.194 e. The van der Waals surface area contributed by atoms with Gasteiger partial charge in [0.2, 0.25) is 0 Å². The molecule has 8 heteroatoms. The van der Waals surface area contributed by atoms with Crippen molar-refractivity contribution in [2.75, 3.05) is 28.4 Å². The van der Waals surface area contributed by atoms with E-state index in [-0.39, 0.29) is 18.5 Å². The first-order valence-electron chi connectivity index (χ1n) is 17.8. The highest BCUT2D eigenvalue weighted by Crippen LogP contribution is 2.53. The molecule has 6 rings (SSSR count). The second-order valence-electron chi connectivity index (χ2n) is 14.0. The maximum absolute atomic E-state index is 7.25. The van der Waals surface area contributed by atoms with Crippen molar-refractivity contribution in [1.82, 2.24) is 0 Å². The molecule has 0 unspecified atom stereocenters. The Morgan fingerprint density at radius 1 is 0.490 bits per heavy atom. The summed E-state index contributed by atoms with van der Waals surface area (Å²) in [5, 5.41) is 0. The molecule has 2 aliphatic rings. The highest BCUT2D eigenvalue weighted by Gasteiger charge is 2.56. The summed E-state index contributed by atoms with van der Waals surface area (Å²) in [6.45, 7) is 8.83. The van der Waals surface area contributed by atoms with Gasteiger partial charge < -0.3 is 28.4 Å². The van der Waals surface area contributed by atoms with Crippen LogP contribution in [0.3, 0.4) is 0 Å². The van der Waals surface area contributed by atoms with Crippen molar-refractivity contribution in [3.05, 3.63) is 119 Å². The van der Waals surface area contributed by atoms with Gasteiger partial charge in [-0.1, -0.05) is 100 Å². The number of para-hydroxylation sites is 4. The van der Waals surface area contributed by atoms with Crippen molar-refractivity contribution in [2.24, 2.45) is 21.8 Å². The number of rotatable bonds is 14. The predicted molar refractivity (Wildman–Crippen MR) is 202 cm³/mol. The zero-order valence-corrected chi connectivity index (χ0v) is 31.0. The quantitative estimate of drug-likeness (QED) is 0.131. The Morgan fingerprint density at radius 2 is 0.765 bits per heavy atom. The maximum Gasteiger partial charge on any atom is 0.194 e. The topological polar surface area (TPSA) is 80.1 Å². The molecule has 0 bridgehead atoms. The van der Waals surface area contributed by atoms with E-state index in [1.54, 1.807) is 28.4 Å². The number of methoxy groups -OCH3 is 4. The van der Waals surface area contributed by atoms with Crippen molar-refractivity contribution >= 4 is 11.8 Å². The summed E-state index contributed by atoms with van der Waals surface area (Å²) in [5.41, 5.74) is 1.46. The fourth-order valence-corrected chi connectivity index (χ4v) is 7.75. The molecule has 0 saturated heterocycles. The summed E-state index contributed by atoms with van der Waals surface area (Å²) in [6, 6.07) is 31.5. The molecule has 0 spiro atoms.